The molecule has 2 aromatic carbocycles. The fraction of sp³-hybridized carbons (Fsp3) is 0.333. The summed E-state index contributed by atoms with van der Waals surface area (Å²) in [5.74, 6) is 0.986. The van der Waals surface area contributed by atoms with Crippen molar-refractivity contribution in [2.75, 3.05) is 19.0 Å². The summed E-state index contributed by atoms with van der Waals surface area (Å²) < 4.78 is 1.89. The van der Waals surface area contributed by atoms with Crippen molar-refractivity contribution >= 4 is 23.3 Å². The highest BCUT2D eigenvalue weighted by atomic mass is 35.5. The lowest BCUT2D eigenvalue weighted by atomic mass is 10.0. The average molecular weight is 425 g/mol. The molecule has 0 aliphatic carbocycles. The molecule has 158 valence electrons. The topological polar surface area (TPSA) is 41.4 Å². The quantitative estimate of drug-likeness (QED) is 0.520. The lowest BCUT2D eigenvalue weighted by Gasteiger charge is -2.30. The Balaban J connectivity index is 2.08. The van der Waals surface area contributed by atoms with Gasteiger partial charge < -0.3 is 9.80 Å². The number of rotatable bonds is 7. The lowest BCUT2D eigenvalue weighted by Crippen LogP contribution is -2.38. The van der Waals surface area contributed by atoms with Crippen molar-refractivity contribution in [2.45, 2.75) is 32.9 Å². The molecule has 0 aliphatic heterocycles. The molecule has 1 heterocycles. The van der Waals surface area contributed by atoms with Crippen molar-refractivity contribution in [3.05, 3.63) is 70.7 Å². The molecule has 0 saturated carbocycles. The molecule has 5 nitrogen and oxygen atoms in total. The van der Waals surface area contributed by atoms with Crippen LogP contribution in [0.15, 0.2) is 54.6 Å². The van der Waals surface area contributed by atoms with Crippen LogP contribution in [0.2, 0.25) is 5.02 Å². The van der Waals surface area contributed by atoms with E-state index in [4.69, 9.17) is 16.7 Å². The molecule has 1 aromatic heterocycles. The molecule has 0 saturated heterocycles. The van der Waals surface area contributed by atoms with E-state index in [9.17, 15) is 4.79 Å². The number of nitrogens with zero attached hydrogens (tertiary/aromatic N) is 4. The van der Waals surface area contributed by atoms with E-state index < -0.39 is 0 Å². The SMILES string of the molecule is CC[C@H](C)N(Cc1c(-c2ccccc2)nn(C)c1N(C)C)C(=O)c1ccc(Cl)cc1. The van der Waals surface area contributed by atoms with Crippen molar-refractivity contribution in [2.24, 2.45) is 7.05 Å². The van der Waals surface area contributed by atoms with Gasteiger partial charge in [0.1, 0.15) is 5.82 Å². The van der Waals surface area contributed by atoms with Crippen LogP contribution >= 0.6 is 11.6 Å². The zero-order valence-corrected chi connectivity index (χ0v) is 19.0. The number of anilines is 1. The Morgan fingerprint density at radius 3 is 2.30 bits per heavy atom. The zero-order chi connectivity index (χ0) is 21.8. The summed E-state index contributed by atoms with van der Waals surface area (Å²) in [6, 6.07) is 17.3. The maximum atomic E-state index is 13.4. The second-order valence-electron chi connectivity index (χ2n) is 7.73. The first-order valence-electron chi connectivity index (χ1n) is 10.2. The number of benzene rings is 2. The molecule has 1 amide bonds. The second kappa shape index (κ2) is 9.35. The number of carbonyl (C=O) groups is 1. The van der Waals surface area contributed by atoms with Crippen LogP contribution in [-0.4, -0.2) is 40.7 Å². The van der Waals surface area contributed by atoms with Gasteiger partial charge in [-0.05, 0) is 37.6 Å². The zero-order valence-electron chi connectivity index (χ0n) is 18.3. The smallest absolute Gasteiger partial charge is 0.254 e. The maximum absolute atomic E-state index is 13.4. The predicted molar refractivity (Wildman–Crippen MR) is 124 cm³/mol. The number of amides is 1. The Kier molecular flexibility index (Phi) is 6.83. The van der Waals surface area contributed by atoms with Crippen molar-refractivity contribution in [3.8, 4) is 11.3 Å². The number of halogens is 1. The van der Waals surface area contributed by atoms with Gasteiger partial charge >= 0.3 is 0 Å². The van der Waals surface area contributed by atoms with Gasteiger partial charge in [-0.25, -0.2) is 0 Å². The Morgan fingerprint density at radius 1 is 1.10 bits per heavy atom. The molecule has 0 N–H and O–H groups in total. The van der Waals surface area contributed by atoms with E-state index in [1.807, 2.05) is 48.9 Å². The van der Waals surface area contributed by atoms with Crippen LogP contribution in [-0.2, 0) is 13.6 Å². The third-order valence-corrected chi connectivity index (χ3v) is 5.64. The normalized spacial score (nSPS) is 11.9. The van der Waals surface area contributed by atoms with E-state index in [0.29, 0.717) is 17.1 Å². The maximum Gasteiger partial charge on any atom is 0.254 e. The summed E-state index contributed by atoms with van der Waals surface area (Å²) in [6.07, 6.45) is 0.859. The molecular weight excluding hydrogens is 396 g/mol. The molecule has 3 rings (SSSR count). The second-order valence-corrected chi connectivity index (χ2v) is 8.17. The Morgan fingerprint density at radius 2 is 1.73 bits per heavy atom. The number of carbonyl (C=O) groups excluding carboxylic acids is 1. The molecule has 0 spiro atoms. The van der Waals surface area contributed by atoms with Crippen LogP contribution in [0.5, 0.6) is 0 Å². The highest BCUT2D eigenvalue weighted by Crippen LogP contribution is 2.32. The third kappa shape index (κ3) is 4.51. The van der Waals surface area contributed by atoms with Crippen molar-refractivity contribution in [1.29, 1.82) is 0 Å². The Bertz CT molecular complexity index is 996. The fourth-order valence-electron chi connectivity index (χ4n) is 3.67. The summed E-state index contributed by atoms with van der Waals surface area (Å²) in [5.41, 5.74) is 3.62. The Labute approximate surface area is 183 Å². The molecule has 30 heavy (non-hydrogen) atoms. The number of aryl methyl sites for hydroxylation is 1. The first-order chi connectivity index (χ1) is 14.3. The first-order valence-corrected chi connectivity index (χ1v) is 10.6. The van der Waals surface area contributed by atoms with Crippen molar-refractivity contribution in [1.82, 2.24) is 14.7 Å². The van der Waals surface area contributed by atoms with Gasteiger partial charge in [-0.1, -0.05) is 48.9 Å². The lowest BCUT2D eigenvalue weighted by molar-refractivity contribution is 0.0672. The van der Waals surface area contributed by atoms with E-state index in [1.54, 1.807) is 24.3 Å². The van der Waals surface area contributed by atoms with Gasteiger partial charge in [0.2, 0.25) is 0 Å². The molecule has 0 radical (unpaired) electrons. The third-order valence-electron chi connectivity index (χ3n) is 5.39. The fourth-order valence-corrected chi connectivity index (χ4v) is 3.79. The van der Waals surface area contributed by atoms with Crippen LogP contribution < -0.4 is 4.90 Å². The summed E-state index contributed by atoms with van der Waals surface area (Å²) in [7, 11) is 5.95. The molecule has 6 heteroatoms. The van der Waals surface area contributed by atoms with Crippen LogP contribution in [0.25, 0.3) is 11.3 Å². The largest absolute Gasteiger partial charge is 0.363 e. The molecule has 1 atom stereocenters. The highest BCUT2D eigenvalue weighted by molar-refractivity contribution is 6.30. The number of hydrogen-bond acceptors (Lipinski definition) is 3. The van der Waals surface area contributed by atoms with Gasteiger partial charge in [-0.3, -0.25) is 9.48 Å². The van der Waals surface area contributed by atoms with Gasteiger partial charge in [0.05, 0.1) is 12.2 Å². The minimum Gasteiger partial charge on any atom is -0.363 e. The van der Waals surface area contributed by atoms with Crippen molar-refractivity contribution < 1.29 is 4.79 Å². The first kappa shape index (κ1) is 21.9. The van der Waals surface area contributed by atoms with Crippen molar-refractivity contribution in [3.63, 3.8) is 0 Å². The van der Waals surface area contributed by atoms with Gasteiger partial charge in [0.25, 0.3) is 5.91 Å². The minimum atomic E-state index is -0.00594. The van der Waals surface area contributed by atoms with Crippen LogP contribution in [0.1, 0.15) is 36.2 Å². The highest BCUT2D eigenvalue weighted by Gasteiger charge is 2.27. The summed E-state index contributed by atoms with van der Waals surface area (Å²) >= 11 is 6.02. The molecule has 0 unspecified atom stereocenters. The molecule has 0 fully saturated rings. The van der Waals surface area contributed by atoms with Gasteiger partial charge in [-0.15, -0.1) is 0 Å². The van der Waals surface area contributed by atoms with Gasteiger partial charge in [0, 0.05) is 48.9 Å². The standard InChI is InChI=1S/C24H29ClN4O/c1-6-17(2)29(24(30)19-12-14-20(25)15-13-19)16-21-22(18-10-8-7-9-11-18)26-28(5)23(21)27(3)4/h7-15,17H,6,16H2,1-5H3/t17-/m0/s1. The van der Waals surface area contributed by atoms with E-state index in [0.717, 1.165) is 29.1 Å². The van der Waals surface area contributed by atoms with E-state index >= 15 is 0 Å². The van der Waals surface area contributed by atoms with Crippen LogP contribution in [0.4, 0.5) is 5.82 Å². The summed E-state index contributed by atoms with van der Waals surface area (Å²) in [4.78, 5) is 17.4. The van der Waals surface area contributed by atoms with Crippen LogP contribution in [0.3, 0.4) is 0 Å². The molecule has 0 aliphatic rings. The summed E-state index contributed by atoms with van der Waals surface area (Å²) in [5, 5.41) is 5.42. The minimum absolute atomic E-state index is 0.00594. The van der Waals surface area contributed by atoms with E-state index in [1.165, 1.54) is 0 Å². The molecule has 0 bridgehead atoms. The van der Waals surface area contributed by atoms with Gasteiger partial charge in [0.15, 0.2) is 0 Å². The molecule has 3 aromatic rings. The predicted octanol–water partition coefficient (Wildman–Crippen LogP) is 5.25. The monoisotopic (exact) mass is 424 g/mol. The van der Waals surface area contributed by atoms with E-state index in [2.05, 4.69) is 30.9 Å². The summed E-state index contributed by atoms with van der Waals surface area (Å²) in [6.45, 7) is 4.66. The van der Waals surface area contributed by atoms with Crippen LogP contribution in [0, 0.1) is 0 Å². The number of aromatic nitrogens is 2. The van der Waals surface area contributed by atoms with Gasteiger partial charge in [-0.2, -0.15) is 5.10 Å². The van der Waals surface area contributed by atoms with E-state index in [-0.39, 0.29) is 11.9 Å². The Hall–Kier alpha value is -2.79. The molecular formula is C24H29ClN4O. The average Bonchev–Trinajstić information content (AvgIpc) is 3.08. The number of hydrogen-bond donors (Lipinski definition) is 0.